The summed E-state index contributed by atoms with van der Waals surface area (Å²) in [6.07, 6.45) is 4.96. The van der Waals surface area contributed by atoms with Crippen molar-refractivity contribution in [3.05, 3.63) is 11.6 Å². The Morgan fingerprint density at radius 3 is 2.40 bits per heavy atom. The molecule has 1 nitrogen and oxygen atoms in total. The van der Waals surface area contributed by atoms with Crippen LogP contribution in [0.2, 0.25) is 0 Å². The molecule has 0 aliphatic carbocycles. The van der Waals surface area contributed by atoms with Crippen LogP contribution >= 0.6 is 0 Å². The molecule has 0 aromatic heterocycles. The van der Waals surface area contributed by atoms with Gasteiger partial charge in [0.15, 0.2) is 0 Å². The lowest BCUT2D eigenvalue weighted by atomic mass is 10.0. The molecular formula is C9H16O. The zero-order valence-corrected chi connectivity index (χ0v) is 7.05. The molecule has 0 aromatic carbocycles. The SMILES string of the molecule is CCC(C=O)=CC(C)CC. The molecule has 0 bridgehead atoms. The minimum absolute atomic E-state index is 0.542. The molecule has 1 atom stereocenters. The van der Waals surface area contributed by atoms with Gasteiger partial charge in [0, 0.05) is 0 Å². The molecule has 1 heteroatoms. The van der Waals surface area contributed by atoms with E-state index in [9.17, 15) is 4.79 Å². The van der Waals surface area contributed by atoms with Crippen LogP contribution in [0.4, 0.5) is 0 Å². The molecule has 0 saturated heterocycles. The molecule has 0 rings (SSSR count). The highest BCUT2D eigenvalue weighted by Crippen LogP contribution is 2.07. The van der Waals surface area contributed by atoms with E-state index in [1.807, 2.05) is 13.0 Å². The summed E-state index contributed by atoms with van der Waals surface area (Å²) in [6, 6.07) is 0. The normalized spacial score (nSPS) is 14.9. The van der Waals surface area contributed by atoms with Crippen LogP contribution in [0.15, 0.2) is 11.6 Å². The quantitative estimate of drug-likeness (QED) is 0.433. The average molecular weight is 140 g/mol. The van der Waals surface area contributed by atoms with Crippen molar-refractivity contribution in [2.75, 3.05) is 0 Å². The molecule has 0 amide bonds. The van der Waals surface area contributed by atoms with Crippen LogP contribution in [0, 0.1) is 5.92 Å². The van der Waals surface area contributed by atoms with Crippen LogP contribution in [0.25, 0.3) is 0 Å². The van der Waals surface area contributed by atoms with Crippen LogP contribution < -0.4 is 0 Å². The second-order valence-corrected chi connectivity index (χ2v) is 2.60. The summed E-state index contributed by atoms with van der Waals surface area (Å²) in [4.78, 5) is 10.3. The standard InChI is InChI=1S/C9H16O/c1-4-8(3)6-9(5-2)7-10/h6-8H,4-5H2,1-3H3. The second-order valence-electron chi connectivity index (χ2n) is 2.60. The zero-order valence-electron chi connectivity index (χ0n) is 7.05. The first-order valence-electron chi connectivity index (χ1n) is 3.90. The summed E-state index contributed by atoms with van der Waals surface area (Å²) in [5.41, 5.74) is 0.925. The third-order valence-electron chi connectivity index (χ3n) is 1.70. The van der Waals surface area contributed by atoms with Gasteiger partial charge in [0.1, 0.15) is 6.29 Å². The summed E-state index contributed by atoms with van der Waals surface area (Å²) in [5.74, 6) is 0.542. The van der Waals surface area contributed by atoms with Crippen molar-refractivity contribution >= 4 is 6.29 Å². The minimum atomic E-state index is 0.542. The summed E-state index contributed by atoms with van der Waals surface area (Å²) >= 11 is 0. The molecule has 0 aromatic rings. The van der Waals surface area contributed by atoms with E-state index < -0.39 is 0 Å². The van der Waals surface area contributed by atoms with E-state index >= 15 is 0 Å². The van der Waals surface area contributed by atoms with E-state index in [-0.39, 0.29) is 0 Å². The van der Waals surface area contributed by atoms with Gasteiger partial charge in [-0.25, -0.2) is 0 Å². The second kappa shape index (κ2) is 5.21. The van der Waals surface area contributed by atoms with Crippen molar-refractivity contribution in [2.24, 2.45) is 5.92 Å². The average Bonchev–Trinajstić information content (AvgIpc) is 1.99. The maximum atomic E-state index is 10.3. The molecule has 10 heavy (non-hydrogen) atoms. The van der Waals surface area contributed by atoms with E-state index in [1.54, 1.807) is 0 Å². The van der Waals surface area contributed by atoms with Crippen LogP contribution in [0.1, 0.15) is 33.6 Å². The molecule has 0 aliphatic heterocycles. The van der Waals surface area contributed by atoms with Crippen LogP contribution in [0.5, 0.6) is 0 Å². The molecule has 0 radical (unpaired) electrons. The predicted molar refractivity (Wildman–Crippen MR) is 43.9 cm³/mol. The highest BCUT2D eigenvalue weighted by atomic mass is 16.1. The van der Waals surface area contributed by atoms with E-state index in [2.05, 4.69) is 13.8 Å². The Balaban J connectivity index is 3.95. The largest absolute Gasteiger partial charge is 0.298 e. The predicted octanol–water partition coefficient (Wildman–Crippen LogP) is 2.57. The molecule has 1 unspecified atom stereocenters. The molecule has 0 fully saturated rings. The Morgan fingerprint density at radius 1 is 1.50 bits per heavy atom. The first-order chi connectivity index (χ1) is 4.74. The fourth-order valence-electron chi connectivity index (χ4n) is 0.724. The Morgan fingerprint density at radius 2 is 2.10 bits per heavy atom. The third kappa shape index (κ3) is 3.44. The van der Waals surface area contributed by atoms with Gasteiger partial charge >= 0.3 is 0 Å². The zero-order chi connectivity index (χ0) is 7.98. The fraction of sp³-hybridized carbons (Fsp3) is 0.667. The van der Waals surface area contributed by atoms with Crippen molar-refractivity contribution < 1.29 is 4.79 Å². The first kappa shape index (κ1) is 9.41. The topological polar surface area (TPSA) is 17.1 Å². The number of allylic oxidation sites excluding steroid dienone is 2. The third-order valence-corrected chi connectivity index (χ3v) is 1.70. The maximum absolute atomic E-state index is 10.3. The number of carbonyl (C=O) groups excluding carboxylic acids is 1. The van der Waals surface area contributed by atoms with Crippen molar-refractivity contribution in [1.82, 2.24) is 0 Å². The molecular weight excluding hydrogens is 124 g/mol. The monoisotopic (exact) mass is 140 g/mol. The van der Waals surface area contributed by atoms with Gasteiger partial charge in [0.05, 0.1) is 0 Å². The number of aldehydes is 1. The van der Waals surface area contributed by atoms with E-state index in [0.717, 1.165) is 24.7 Å². The number of carbonyl (C=O) groups is 1. The molecule has 0 heterocycles. The van der Waals surface area contributed by atoms with Crippen molar-refractivity contribution in [3.63, 3.8) is 0 Å². The van der Waals surface area contributed by atoms with E-state index in [0.29, 0.717) is 5.92 Å². The first-order valence-corrected chi connectivity index (χ1v) is 3.90. The van der Waals surface area contributed by atoms with Crippen LogP contribution in [0.3, 0.4) is 0 Å². The molecule has 0 aliphatic rings. The van der Waals surface area contributed by atoms with Gasteiger partial charge < -0.3 is 0 Å². The maximum Gasteiger partial charge on any atom is 0.145 e. The summed E-state index contributed by atoms with van der Waals surface area (Å²) in [6.45, 7) is 6.25. The van der Waals surface area contributed by atoms with Gasteiger partial charge in [-0.3, -0.25) is 4.79 Å². The van der Waals surface area contributed by atoms with Crippen LogP contribution in [-0.2, 0) is 4.79 Å². The van der Waals surface area contributed by atoms with Crippen molar-refractivity contribution in [1.29, 1.82) is 0 Å². The number of rotatable bonds is 4. The lowest BCUT2D eigenvalue weighted by molar-refractivity contribution is -0.105. The Hall–Kier alpha value is -0.590. The number of hydrogen-bond acceptors (Lipinski definition) is 1. The number of hydrogen-bond donors (Lipinski definition) is 0. The van der Waals surface area contributed by atoms with Crippen molar-refractivity contribution in [3.8, 4) is 0 Å². The lowest BCUT2D eigenvalue weighted by Crippen LogP contribution is -1.90. The van der Waals surface area contributed by atoms with Gasteiger partial charge in [-0.05, 0) is 17.9 Å². The highest BCUT2D eigenvalue weighted by molar-refractivity contribution is 5.72. The van der Waals surface area contributed by atoms with E-state index in [1.165, 1.54) is 0 Å². The van der Waals surface area contributed by atoms with Gasteiger partial charge in [-0.2, -0.15) is 0 Å². The lowest BCUT2D eigenvalue weighted by Gasteiger charge is -2.01. The van der Waals surface area contributed by atoms with Gasteiger partial charge in [0.2, 0.25) is 0 Å². The Kier molecular flexibility index (Phi) is 4.91. The molecule has 0 saturated carbocycles. The van der Waals surface area contributed by atoms with Crippen molar-refractivity contribution in [2.45, 2.75) is 33.6 Å². The molecule has 58 valence electrons. The summed E-state index contributed by atoms with van der Waals surface area (Å²) < 4.78 is 0. The summed E-state index contributed by atoms with van der Waals surface area (Å²) in [5, 5.41) is 0. The molecule has 0 N–H and O–H groups in total. The fourth-order valence-corrected chi connectivity index (χ4v) is 0.724. The van der Waals surface area contributed by atoms with Gasteiger partial charge in [0.25, 0.3) is 0 Å². The van der Waals surface area contributed by atoms with Crippen LogP contribution in [-0.4, -0.2) is 6.29 Å². The van der Waals surface area contributed by atoms with Gasteiger partial charge in [-0.15, -0.1) is 0 Å². The Bertz CT molecular complexity index is 125. The molecule has 0 spiro atoms. The minimum Gasteiger partial charge on any atom is -0.298 e. The Labute approximate surface area is 63.1 Å². The van der Waals surface area contributed by atoms with Gasteiger partial charge in [-0.1, -0.05) is 33.3 Å². The van der Waals surface area contributed by atoms with E-state index in [4.69, 9.17) is 0 Å². The highest BCUT2D eigenvalue weighted by Gasteiger charge is 1.95. The smallest absolute Gasteiger partial charge is 0.145 e. The summed E-state index contributed by atoms with van der Waals surface area (Å²) in [7, 11) is 0.